The van der Waals surface area contributed by atoms with Crippen molar-refractivity contribution in [1.29, 1.82) is 0 Å². The molecule has 0 amide bonds. The summed E-state index contributed by atoms with van der Waals surface area (Å²) < 4.78 is 0. The Labute approximate surface area is 131 Å². The summed E-state index contributed by atoms with van der Waals surface area (Å²) in [5.74, 6) is 0. The molecule has 1 aromatic carbocycles. The van der Waals surface area contributed by atoms with Gasteiger partial charge in [0.05, 0.1) is 0 Å². The molecule has 21 heavy (non-hydrogen) atoms. The largest absolute Gasteiger partial charge is 0.371 e. The molecule has 0 unspecified atom stereocenters. The van der Waals surface area contributed by atoms with E-state index in [2.05, 4.69) is 63.0 Å². The molecule has 1 aromatic rings. The Morgan fingerprint density at radius 1 is 1.05 bits per heavy atom. The first-order valence-corrected chi connectivity index (χ1v) is 8.66. The van der Waals surface area contributed by atoms with E-state index < -0.39 is 0 Å². The van der Waals surface area contributed by atoms with Gasteiger partial charge >= 0.3 is 0 Å². The fraction of sp³-hybridized carbons (Fsp3) is 0.684. The lowest BCUT2D eigenvalue weighted by atomic mass is 10.1. The molecule has 0 radical (unpaired) electrons. The molecule has 2 nitrogen and oxygen atoms in total. The summed E-state index contributed by atoms with van der Waals surface area (Å²) in [6, 6.07) is 7.44. The van der Waals surface area contributed by atoms with E-state index in [1.54, 1.807) is 0 Å². The van der Waals surface area contributed by atoms with E-state index in [-0.39, 0.29) is 0 Å². The van der Waals surface area contributed by atoms with Crippen molar-refractivity contribution in [2.24, 2.45) is 0 Å². The van der Waals surface area contributed by atoms with Crippen molar-refractivity contribution in [2.75, 3.05) is 18.0 Å². The molecule has 120 valence electrons. The predicted octanol–water partition coefficient (Wildman–Crippen LogP) is 4.90. The van der Waals surface area contributed by atoms with Gasteiger partial charge < -0.3 is 10.2 Å². The van der Waals surface area contributed by atoms with E-state index in [0.717, 1.165) is 6.54 Å². The first-order valence-electron chi connectivity index (χ1n) is 8.66. The number of unbranched alkanes of at least 4 members (excludes halogenated alkanes) is 2. The van der Waals surface area contributed by atoms with Crippen LogP contribution in [0.25, 0.3) is 0 Å². The lowest BCUT2D eigenvalue weighted by Crippen LogP contribution is -2.29. The van der Waals surface area contributed by atoms with Crippen molar-refractivity contribution in [3.8, 4) is 0 Å². The molecular weight excluding hydrogens is 256 g/mol. The maximum Gasteiger partial charge on any atom is 0.0412 e. The van der Waals surface area contributed by atoms with Crippen molar-refractivity contribution >= 4 is 5.69 Å². The summed E-state index contributed by atoms with van der Waals surface area (Å²) in [5.41, 5.74) is 4.22. The molecule has 0 saturated carbocycles. The van der Waals surface area contributed by atoms with Crippen LogP contribution in [0.3, 0.4) is 0 Å². The molecule has 0 heterocycles. The van der Waals surface area contributed by atoms with Gasteiger partial charge in [0.2, 0.25) is 0 Å². The van der Waals surface area contributed by atoms with Gasteiger partial charge in [-0.3, -0.25) is 0 Å². The third-order valence-corrected chi connectivity index (χ3v) is 3.84. The second-order valence-electron chi connectivity index (χ2n) is 6.36. The summed E-state index contributed by atoms with van der Waals surface area (Å²) in [7, 11) is 0. The van der Waals surface area contributed by atoms with Crippen molar-refractivity contribution < 1.29 is 0 Å². The summed E-state index contributed by atoms with van der Waals surface area (Å²) >= 11 is 0. The topological polar surface area (TPSA) is 15.3 Å². The maximum absolute atomic E-state index is 3.57. The van der Waals surface area contributed by atoms with Crippen molar-refractivity contribution in [1.82, 2.24) is 5.32 Å². The number of hydrogen-bond donors (Lipinski definition) is 1. The zero-order chi connectivity index (χ0) is 15.7. The molecule has 2 heteroatoms. The van der Waals surface area contributed by atoms with Crippen LogP contribution in [0.1, 0.15) is 64.5 Å². The summed E-state index contributed by atoms with van der Waals surface area (Å²) in [4.78, 5) is 2.59. The fourth-order valence-electron chi connectivity index (χ4n) is 2.53. The first-order chi connectivity index (χ1) is 10.1. The van der Waals surface area contributed by atoms with Gasteiger partial charge in [-0.05, 0) is 31.4 Å². The highest BCUT2D eigenvalue weighted by Gasteiger charge is 2.11. The molecule has 0 aliphatic heterocycles. The Morgan fingerprint density at radius 3 is 2.19 bits per heavy atom. The van der Waals surface area contributed by atoms with Gasteiger partial charge in [0.1, 0.15) is 0 Å². The van der Waals surface area contributed by atoms with Gasteiger partial charge in [-0.2, -0.15) is 0 Å². The number of nitrogens with zero attached hydrogens (tertiary/aromatic N) is 1. The zero-order valence-electron chi connectivity index (χ0n) is 14.7. The highest BCUT2D eigenvalue weighted by Crippen LogP contribution is 2.23. The van der Waals surface area contributed by atoms with Crippen LogP contribution in [0.4, 0.5) is 5.69 Å². The number of rotatable bonds is 10. The van der Waals surface area contributed by atoms with Crippen LogP contribution in [-0.4, -0.2) is 19.1 Å². The smallest absolute Gasteiger partial charge is 0.0412 e. The summed E-state index contributed by atoms with van der Waals surface area (Å²) in [6.07, 6.45) is 5.06. The lowest BCUT2D eigenvalue weighted by molar-refractivity contribution is 0.586. The van der Waals surface area contributed by atoms with E-state index in [1.165, 1.54) is 55.6 Å². The molecule has 0 aliphatic carbocycles. The molecule has 0 atom stereocenters. The van der Waals surface area contributed by atoms with E-state index >= 15 is 0 Å². The van der Waals surface area contributed by atoms with Gasteiger partial charge in [0.15, 0.2) is 0 Å². The zero-order valence-corrected chi connectivity index (χ0v) is 14.7. The van der Waals surface area contributed by atoms with E-state index in [0.29, 0.717) is 6.04 Å². The molecule has 0 aromatic heterocycles. The van der Waals surface area contributed by atoms with Crippen LogP contribution in [0.2, 0.25) is 0 Å². The highest BCUT2D eigenvalue weighted by molar-refractivity contribution is 5.55. The van der Waals surface area contributed by atoms with Crippen LogP contribution >= 0.6 is 0 Å². The van der Waals surface area contributed by atoms with Crippen molar-refractivity contribution in [3.63, 3.8) is 0 Å². The molecule has 1 N–H and O–H groups in total. The molecular formula is C19H34N2. The summed E-state index contributed by atoms with van der Waals surface area (Å²) in [5, 5.41) is 3.57. The quantitative estimate of drug-likeness (QED) is 0.659. The van der Waals surface area contributed by atoms with Crippen molar-refractivity contribution in [3.05, 3.63) is 29.3 Å². The fourth-order valence-corrected chi connectivity index (χ4v) is 2.53. The number of hydrogen-bond acceptors (Lipinski definition) is 2. The Bertz CT molecular complexity index is 391. The number of benzene rings is 1. The van der Waals surface area contributed by atoms with Crippen LogP contribution in [-0.2, 0) is 6.54 Å². The molecule has 0 bridgehead atoms. The van der Waals surface area contributed by atoms with Gasteiger partial charge in [-0.1, -0.05) is 58.2 Å². The number of aryl methyl sites for hydroxylation is 1. The van der Waals surface area contributed by atoms with Gasteiger partial charge in [0, 0.05) is 31.4 Å². The Balaban J connectivity index is 2.92. The molecule has 0 aliphatic rings. The normalized spacial score (nSPS) is 11.1. The minimum absolute atomic E-state index is 0.526. The Kier molecular flexibility index (Phi) is 8.44. The minimum atomic E-state index is 0.526. The molecule has 0 fully saturated rings. The SMILES string of the molecule is CCCCN(CCCC)c1ccc(C)cc1CNC(C)C. The Morgan fingerprint density at radius 2 is 1.67 bits per heavy atom. The molecule has 1 rings (SSSR count). The standard InChI is InChI=1S/C19H34N2/c1-6-8-12-21(13-9-7-2)19-11-10-17(5)14-18(19)15-20-16(3)4/h10-11,14,16,20H,6-9,12-13,15H2,1-5H3. The van der Waals surface area contributed by atoms with Crippen LogP contribution in [0.15, 0.2) is 18.2 Å². The second kappa shape index (κ2) is 9.83. The van der Waals surface area contributed by atoms with Crippen LogP contribution in [0, 0.1) is 6.92 Å². The van der Waals surface area contributed by atoms with Gasteiger partial charge in [0.25, 0.3) is 0 Å². The minimum Gasteiger partial charge on any atom is -0.371 e. The lowest BCUT2D eigenvalue weighted by Gasteiger charge is -2.28. The molecule has 0 saturated heterocycles. The number of nitrogens with one attached hydrogen (secondary N) is 1. The second-order valence-corrected chi connectivity index (χ2v) is 6.36. The molecule has 0 spiro atoms. The van der Waals surface area contributed by atoms with E-state index in [4.69, 9.17) is 0 Å². The van der Waals surface area contributed by atoms with Crippen LogP contribution < -0.4 is 10.2 Å². The van der Waals surface area contributed by atoms with E-state index in [1.807, 2.05) is 0 Å². The average molecular weight is 290 g/mol. The third kappa shape index (κ3) is 6.52. The first kappa shape index (κ1) is 18.0. The third-order valence-electron chi connectivity index (χ3n) is 3.84. The van der Waals surface area contributed by atoms with Gasteiger partial charge in [-0.25, -0.2) is 0 Å². The highest BCUT2D eigenvalue weighted by atomic mass is 15.1. The summed E-state index contributed by atoms with van der Waals surface area (Å²) in [6.45, 7) is 14.5. The maximum atomic E-state index is 3.57. The van der Waals surface area contributed by atoms with E-state index in [9.17, 15) is 0 Å². The monoisotopic (exact) mass is 290 g/mol. The van der Waals surface area contributed by atoms with Gasteiger partial charge in [-0.15, -0.1) is 0 Å². The van der Waals surface area contributed by atoms with Crippen LogP contribution in [0.5, 0.6) is 0 Å². The number of anilines is 1. The predicted molar refractivity (Wildman–Crippen MR) is 95.2 cm³/mol. The Hall–Kier alpha value is -1.02. The average Bonchev–Trinajstić information content (AvgIpc) is 2.46. The van der Waals surface area contributed by atoms with Crippen molar-refractivity contribution in [2.45, 2.75) is 72.9 Å².